The van der Waals surface area contributed by atoms with E-state index in [1.165, 1.54) is 12.8 Å². The normalized spacial score (nSPS) is 16.2. The summed E-state index contributed by atoms with van der Waals surface area (Å²) >= 11 is 7.93. The molecule has 1 heterocycles. The minimum atomic E-state index is -0.734. The van der Waals surface area contributed by atoms with Gasteiger partial charge < -0.3 is 5.11 Å². The number of hydrogen-bond donors (Lipinski definition) is 1. The van der Waals surface area contributed by atoms with Gasteiger partial charge in [-0.2, -0.15) is 0 Å². The Balaban J connectivity index is 1.99. The number of hydrogen-bond acceptors (Lipinski definition) is 4. The van der Waals surface area contributed by atoms with Crippen molar-refractivity contribution in [3.63, 3.8) is 0 Å². The van der Waals surface area contributed by atoms with Crippen molar-refractivity contribution in [1.82, 2.24) is 14.8 Å². The zero-order valence-electron chi connectivity index (χ0n) is 13.5. The van der Waals surface area contributed by atoms with Crippen molar-refractivity contribution in [1.29, 1.82) is 0 Å². The molecule has 4 nitrogen and oxygen atoms in total. The minimum absolute atomic E-state index is 0.417. The third-order valence-corrected chi connectivity index (χ3v) is 5.74. The first kappa shape index (κ1) is 16.8. The van der Waals surface area contributed by atoms with Crippen LogP contribution in [0.2, 0.25) is 5.02 Å². The largest absolute Gasteiger partial charge is 0.390 e. The number of aromatic nitrogens is 3. The Hall–Kier alpha value is -1.04. The van der Waals surface area contributed by atoms with E-state index in [0.29, 0.717) is 16.8 Å². The smallest absolute Gasteiger partial charge is 0.191 e. The molecule has 3 rings (SSSR count). The second kappa shape index (κ2) is 6.83. The molecule has 23 heavy (non-hydrogen) atoms. The van der Waals surface area contributed by atoms with Crippen molar-refractivity contribution in [3.05, 3.63) is 29.3 Å². The first-order chi connectivity index (χ1) is 11.0. The van der Waals surface area contributed by atoms with E-state index >= 15 is 0 Å². The van der Waals surface area contributed by atoms with Crippen LogP contribution >= 0.6 is 23.4 Å². The fraction of sp³-hybridized carbons (Fsp3) is 0.529. The van der Waals surface area contributed by atoms with E-state index in [1.807, 2.05) is 38.1 Å². The van der Waals surface area contributed by atoms with E-state index in [-0.39, 0.29) is 0 Å². The number of rotatable bonds is 5. The molecule has 1 aliphatic rings. The number of thioether (sulfide) groups is 1. The van der Waals surface area contributed by atoms with Gasteiger partial charge in [-0.1, -0.05) is 48.3 Å². The van der Waals surface area contributed by atoms with Crippen molar-refractivity contribution < 1.29 is 5.11 Å². The topological polar surface area (TPSA) is 50.9 Å². The van der Waals surface area contributed by atoms with Crippen molar-refractivity contribution in [2.24, 2.45) is 0 Å². The maximum atomic E-state index is 10.0. The Morgan fingerprint density at radius 3 is 2.61 bits per heavy atom. The van der Waals surface area contributed by atoms with Crippen molar-refractivity contribution in [2.75, 3.05) is 5.75 Å². The van der Waals surface area contributed by atoms with Gasteiger partial charge in [-0.15, -0.1) is 10.2 Å². The van der Waals surface area contributed by atoms with Crippen LogP contribution in [0.15, 0.2) is 29.4 Å². The summed E-state index contributed by atoms with van der Waals surface area (Å²) in [6, 6.07) is 8.18. The highest BCUT2D eigenvalue weighted by atomic mass is 35.5. The Labute approximate surface area is 146 Å². The predicted octanol–water partition coefficient (Wildman–Crippen LogP) is 4.58. The van der Waals surface area contributed by atoms with Gasteiger partial charge >= 0.3 is 0 Å². The molecule has 1 fully saturated rings. The third kappa shape index (κ3) is 3.90. The van der Waals surface area contributed by atoms with E-state index in [4.69, 9.17) is 11.6 Å². The van der Waals surface area contributed by atoms with Crippen LogP contribution in [-0.2, 0) is 0 Å². The number of benzene rings is 1. The monoisotopic (exact) mass is 351 g/mol. The van der Waals surface area contributed by atoms with Crippen LogP contribution in [0, 0.1) is 0 Å². The van der Waals surface area contributed by atoms with Gasteiger partial charge in [0.2, 0.25) is 0 Å². The first-order valence-electron chi connectivity index (χ1n) is 8.01. The van der Waals surface area contributed by atoms with Crippen molar-refractivity contribution in [2.45, 2.75) is 56.3 Å². The zero-order valence-corrected chi connectivity index (χ0v) is 15.1. The lowest BCUT2D eigenvalue weighted by Crippen LogP contribution is -2.22. The lowest BCUT2D eigenvalue weighted by Gasteiger charge is -2.20. The number of nitrogens with zero attached hydrogens (tertiary/aromatic N) is 3. The number of aliphatic hydroxyl groups is 1. The molecule has 1 N–H and O–H groups in total. The summed E-state index contributed by atoms with van der Waals surface area (Å²) in [6.07, 6.45) is 4.76. The standard InChI is InChI=1S/C17H22ClN3OS/c1-17(2,22)11-23-16-20-19-15(13-9-5-6-10-14(13)18)21(16)12-7-3-4-8-12/h5-6,9-10,12,22H,3-4,7-8,11H2,1-2H3. The second-order valence-corrected chi connectivity index (χ2v) is 8.05. The Bertz CT molecular complexity index is 675. The summed E-state index contributed by atoms with van der Waals surface area (Å²) in [5.74, 6) is 1.42. The van der Waals surface area contributed by atoms with Gasteiger partial charge in [0.15, 0.2) is 11.0 Å². The predicted molar refractivity (Wildman–Crippen MR) is 95.0 cm³/mol. The number of halogens is 1. The lowest BCUT2D eigenvalue weighted by molar-refractivity contribution is 0.107. The maximum absolute atomic E-state index is 10.0. The molecule has 0 saturated heterocycles. The van der Waals surface area contributed by atoms with Gasteiger partial charge in [0.25, 0.3) is 0 Å². The summed E-state index contributed by atoms with van der Waals surface area (Å²) < 4.78 is 2.23. The summed E-state index contributed by atoms with van der Waals surface area (Å²) in [6.45, 7) is 3.62. The molecule has 124 valence electrons. The maximum Gasteiger partial charge on any atom is 0.191 e. The van der Waals surface area contributed by atoms with Gasteiger partial charge in [-0.25, -0.2) is 0 Å². The van der Waals surface area contributed by atoms with Crippen LogP contribution < -0.4 is 0 Å². The van der Waals surface area contributed by atoms with Crippen molar-refractivity contribution >= 4 is 23.4 Å². The molecule has 1 saturated carbocycles. The molecule has 0 aliphatic heterocycles. The molecule has 1 aliphatic carbocycles. The highest BCUT2D eigenvalue weighted by molar-refractivity contribution is 7.99. The van der Waals surface area contributed by atoms with E-state index in [0.717, 1.165) is 29.4 Å². The molecule has 0 spiro atoms. The average Bonchev–Trinajstić information content (AvgIpc) is 3.13. The van der Waals surface area contributed by atoms with Crippen LogP contribution in [-0.4, -0.2) is 31.2 Å². The molecule has 0 unspecified atom stereocenters. The van der Waals surface area contributed by atoms with E-state index < -0.39 is 5.60 Å². The summed E-state index contributed by atoms with van der Waals surface area (Å²) in [4.78, 5) is 0. The van der Waals surface area contributed by atoms with Crippen LogP contribution in [0.5, 0.6) is 0 Å². The minimum Gasteiger partial charge on any atom is -0.390 e. The highest BCUT2D eigenvalue weighted by Crippen LogP contribution is 2.38. The molecular formula is C17H22ClN3OS. The Morgan fingerprint density at radius 2 is 1.96 bits per heavy atom. The van der Waals surface area contributed by atoms with Crippen molar-refractivity contribution in [3.8, 4) is 11.4 Å². The van der Waals surface area contributed by atoms with E-state index in [9.17, 15) is 5.11 Å². The van der Waals surface area contributed by atoms with Gasteiger partial charge in [0.1, 0.15) is 0 Å². The van der Waals surface area contributed by atoms with Crippen LogP contribution in [0.25, 0.3) is 11.4 Å². The molecular weight excluding hydrogens is 330 g/mol. The summed E-state index contributed by atoms with van der Waals surface area (Å²) in [7, 11) is 0. The lowest BCUT2D eigenvalue weighted by atomic mass is 10.2. The Morgan fingerprint density at radius 1 is 1.26 bits per heavy atom. The molecule has 0 amide bonds. The zero-order chi connectivity index (χ0) is 16.4. The summed E-state index contributed by atoms with van der Waals surface area (Å²) in [5.41, 5.74) is 0.186. The fourth-order valence-electron chi connectivity index (χ4n) is 2.93. The first-order valence-corrected chi connectivity index (χ1v) is 9.37. The van der Waals surface area contributed by atoms with Crippen LogP contribution in [0.4, 0.5) is 0 Å². The fourth-order valence-corrected chi connectivity index (χ4v) is 4.11. The SMILES string of the molecule is CC(C)(O)CSc1nnc(-c2ccccc2Cl)n1C1CCCC1. The quantitative estimate of drug-likeness (QED) is 0.801. The molecule has 1 aromatic heterocycles. The van der Waals surface area contributed by atoms with Gasteiger partial charge in [-0.05, 0) is 38.8 Å². The van der Waals surface area contributed by atoms with E-state index in [1.54, 1.807) is 11.8 Å². The van der Waals surface area contributed by atoms with Gasteiger partial charge in [0, 0.05) is 17.4 Å². The van der Waals surface area contributed by atoms with Gasteiger partial charge in [0.05, 0.1) is 10.6 Å². The molecule has 1 aromatic carbocycles. The molecule has 0 radical (unpaired) electrons. The highest BCUT2D eigenvalue weighted by Gasteiger charge is 2.26. The Kier molecular flexibility index (Phi) is 4.99. The van der Waals surface area contributed by atoms with E-state index in [2.05, 4.69) is 14.8 Å². The molecule has 6 heteroatoms. The van der Waals surface area contributed by atoms with Crippen LogP contribution in [0.1, 0.15) is 45.6 Å². The third-order valence-electron chi connectivity index (χ3n) is 4.02. The molecule has 2 aromatic rings. The summed E-state index contributed by atoms with van der Waals surface area (Å²) in [5, 5.41) is 20.4. The van der Waals surface area contributed by atoms with Crippen LogP contribution in [0.3, 0.4) is 0 Å². The molecule has 0 bridgehead atoms. The molecule has 0 atom stereocenters. The van der Waals surface area contributed by atoms with Gasteiger partial charge in [-0.3, -0.25) is 4.57 Å². The second-order valence-electron chi connectivity index (χ2n) is 6.70. The average molecular weight is 352 g/mol.